The Morgan fingerprint density at radius 2 is 1.64 bits per heavy atom. The molecule has 4 aromatic carbocycles. The van der Waals surface area contributed by atoms with Crippen molar-refractivity contribution in [2.24, 2.45) is 22.9 Å². The summed E-state index contributed by atoms with van der Waals surface area (Å²) in [5.74, 6) is 3.58. The fraction of sp³-hybridized carbons (Fsp3) is 0.333. The molecule has 4 atom stereocenters. The fourth-order valence-corrected chi connectivity index (χ4v) is 8.81. The molecule has 0 N–H and O–H groups in total. The van der Waals surface area contributed by atoms with Crippen molar-refractivity contribution in [3.63, 3.8) is 0 Å². The Hall–Kier alpha value is -4.24. The highest BCUT2D eigenvalue weighted by Gasteiger charge is 2.40. The van der Waals surface area contributed by atoms with Crippen molar-refractivity contribution in [1.82, 2.24) is 0 Å². The van der Waals surface area contributed by atoms with Gasteiger partial charge in [-0.25, -0.2) is 0 Å². The van der Waals surface area contributed by atoms with Gasteiger partial charge in [0.05, 0.1) is 5.70 Å². The SMILES string of the molecule is CC1CC(N=O)=Cc2ccc3c(c21)C(C1C=CC(c2ccccc2)=CC1C)c1c(ccc2cc(CC4CCCCC4)ccc12)O3. The molecule has 3 nitrogen and oxygen atoms in total. The van der Waals surface area contributed by atoms with Crippen LogP contribution in [0.3, 0.4) is 0 Å². The van der Waals surface area contributed by atoms with Crippen LogP contribution in [0.15, 0.2) is 102 Å². The predicted molar refractivity (Wildman–Crippen MR) is 186 cm³/mol. The quantitative estimate of drug-likeness (QED) is 0.217. The van der Waals surface area contributed by atoms with Crippen LogP contribution in [0.5, 0.6) is 11.5 Å². The Bertz CT molecular complexity index is 1870. The standard InChI is InChI=1S/C42H41NO2/c1-26-21-31(30-11-7-4-8-12-30)14-18-35(26)41-40-36-17-13-29(23-28-9-5-3-6-10-28)24-32(36)15-19-37(40)45-38-20-16-33-25-34(43-44)22-27(2)39(33)42(38)41/h4,7-8,11-21,24-28,35,41H,3,5-6,9-10,22-23H2,1-2H3. The summed E-state index contributed by atoms with van der Waals surface area (Å²) in [6.07, 6.45) is 17.9. The maximum Gasteiger partial charge on any atom is 0.131 e. The molecule has 4 aliphatic rings. The molecule has 0 radical (unpaired) electrons. The van der Waals surface area contributed by atoms with Crippen LogP contribution < -0.4 is 4.74 Å². The van der Waals surface area contributed by atoms with E-state index in [0.29, 0.717) is 18.0 Å². The first-order valence-corrected chi connectivity index (χ1v) is 17.0. The highest BCUT2D eigenvalue weighted by atomic mass is 16.5. The Kier molecular flexibility index (Phi) is 7.28. The average molecular weight is 592 g/mol. The van der Waals surface area contributed by atoms with Crippen molar-refractivity contribution in [1.29, 1.82) is 0 Å². The lowest BCUT2D eigenvalue weighted by atomic mass is 9.67. The van der Waals surface area contributed by atoms with E-state index in [4.69, 9.17) is 4.74 Å². The normalized spacial score (nSPS) is 24.1. The molecule has 1 aliphatic heterocycles. The summed E-state index contributed by atoms with van der Waals surface area (Å²) in [4.78, 5) is 11.6. The summed E-state index contributed by atoms with van der Waals surface area (Å²) in [6.45, 7) is 4.60. The lowest BCUT2D eigenvalue weighted by molar-refractivity contribution is 0.357. The number of hydrogen-bond acceptors (Lipinski definition) is 3. The summed E-state index contributed by atoms with van der Waals surface area (Å²) in [6, 6.07) is 26.6. The van der Waals surface area contributed by atoms with Gasteiger partial charge in [-0.1, -0.05) is 125 Å². The average Bonchev–Trinajstić information content (AvgIpc) is 3.07. The summed E-state index contributed by atoms with van der Waals surface area (Å²) in [7, 11) is 0. The van der Waals surface area contributed by atoms with Gasteiger partial charge >= 0.3 is 0 Å². The minimum atomic E-state index is 0.119. The number of hydrogen-bond donors (Lipinski definition) is 0. The number of ether oxygens (including phenoxy) is 1. The number of rotatable bonds is 5. The number of allylic oxidation sites excluding steroid dienone is 5. The molecule has 0 saturated heterocycles. The Morgan fingerprint density at radius 3 is 2.44 bits per heavy atom. The van der Waals surface area contributed by atoms with Gasteiger partial charge in [0.1, 0.15) is 11.5 Å². The fourth-order valence-electron chi connectivity index (χ4n) is 8.81. The largest absolute Gasteiger partial charge is 0.457 e. The zero-order chi connectivity index (χ0) is 30.5. The third-order valence-corrected chi connectivity index (χ3v) is 10.9. The Labute approximate surface area is 266 Å². The summed E-state index contributed by atoms with van der Waals surface area (Å²) >= 11 is 0. The van der Waals surface area contributed by atoms with Gasteiger partial charge < -0.3 is 4.74 Å². The van der Waals surface area contributed by atoms with Crippen LogP contribution in [-0.2, 0) is 6.42 Å². The second kappa shape index (κ2) is 11.6. The van der Waals surface area contributed by atoms with Gasteiger partial charge in [0, 0.05) is 17.0 Å². The van der Waals surface area contributed by atoms with Gasteiger partial charge in [-0.15, -0.1) is 4.91 Å². The number of nitroso groups, excluding NO2 is 1. The number of fused-ring (bicyclic) bond motifs is 6. The molecular weight excluding hydrogens is 550 g/mol. The molecule has 4 unspecified atom stereocenters. The molecule has 1 heterocycles. The smallest absolute Gasteiger partial charge is 0.131 e. The Balaban J connectivity index is 1.28. The second-order valence-corrected chi connectivity index (χ2v) is 13.9. The van der Waals surface area contributed by atoms with Gasteiger partial charge in [0.15, 0.2) is 0 Å². The van der Waals surface area contributed by atoms with E-state index >= 15 is 0 Å². The molecule has 226 valence electrons. The first-order chi connectivity index (χ1) is 22.1. The monoisotopic (exact) mass is 591 g/mol. The van der Waals surface area contributed by atoms with E-state index in [0.717, 1.165) is 23.0 Å². The van der Waals surface area contributed by atoms with Gasteiger partial charge in [-0.05, 0) is 98.5 Å². The van der Waals surface area contributed by atoms with Gasteiger partial charge in [-0.2, -0.15) is 0 Å². The maximum absolute atomic E-state index is 11.6. The molecule has 3 heteroatoms. The lowest BCUT2D eigenvalue weighted by Crippen LogP contribution is -2.26. The predicted octanol–water partition coefficient (Wildman–Crippen LogP) is 11.7. The van der Waals surface area contributed by atoms with Crippen LogP contribution >= 0.6 is 0 Å². The summed E-state index contributed by atoms with van der Waals surface area (Å²) < 4.78 is 6.81. The topological polar surface area (TPSA) is 38.7 Å². The van der Waals surface area contributed by atoms with Crippen LogP contribution in [0.1, 0.15) is 97.6 Å². The van der Waals surface area contributed by atoms with E-state index < -0.39 is 0 Å². The van der Waals surface area contributed by atoms with Gasteiger partial charge in [0.25, 0.3) is 0 Å². The molecule has 45 heavy (non-hydrogen) atoms. The zero-order valence-electron chi connectivity index (χ0n) is 26.3. The van der Waals surface area contributed by atoms with E-state index in [9.17, 15) is 4.91 Å². The lowest BCUT2D eigenvalue weighted by Gasteiger charge is -2.40. The van der Waals surface area contributed by atoms with Crippen molar-refractivity contribution in [2.45, 2.75) is 70.6 Å². The van der Waals surface area contributed by atoms with E-state index in [1.54, 1.807) is 0 Å². The summed E-state index contributed by atoms with van der Waals surface area (Å²) in [5, 5.41) is 5.95. The van der Waals surface area contributed by atoms with E-state index in [2.05, 4.69) is 110 Å². The second-order valence-electron chi connectivity index (χ2n) is 13.9. The minimum Gasteiger partial charge on any atom is -0.457 e. The molecule has 1 saturated carbocycles. The molecule has 0 spiro atoms. The molecule has 0 bridgehead atoms. The minimum absolute atomic E-state index is 0.119. The maximum atomic E-state index is 11.6. The molecule has 0 aromatic heterocycles. The molecular formula is C42H41NO2. The molecule has 8 rings (SSSR count). The van der Waals surface area contributed by atoms with E-state index in [1.807, 2.05) is 6.08 Å². The van der Waals surface area contributed by atoms with Crippen LogP contribution in [0.4, 0.5) is 0 Å². The first kappa shape index (κ1) is 28.2. The van der Waals surface area contributed by atoms with Crippen molar-refractivity contribution in [2.75, 3.05) is 0 Å². The highest BCUT2D eigenvalue weighted by Crippen LogP contribution is 2.56. The van der Waals surface area contributed by atoms with Crippen LogP contribution in [-0.4, -0.2) is 0 Å². The van der Waals surface area contributed by atoms with Crippen molar-refractivity contribution in [3.05, 3.63) is 135 Å². The Morgan fingerprint density at radius 1 is 0.844 bits per heavy atom. The molecule has 0 amide bonds. The summed E-state index contributed by atoms with van der Waals surface area (Å²) in [5.41, 5.74) is 9.60. The van der Waals surface area contributed by atoms with Crippen molar-refractivity contribution in [3.8, 4) is 11.5 Å². The van der Waals surface area contributed by atoms with Crippen LogP contribution in [0, 0.1) is 22.7 Å². The molecule has 3 aliphatic carbocycles. The molecule has 4 aromatic rings. The highest BCUT2D eigenvalue weighted by molar-refractivity contribution is 5.91. The number of nitrogens with zero attached hydrogens (tertiary/aromatic N) is 1. The zero-order valence-corrected chi connectivity index (χ0v) is 26.3. The van der Waals surface area contributed by atoms with Crippen LogP contribution in [0.2, 0.25) is 0 Å². The van der Waals surface area contributed by atoms with Crippen molar-refractivity contribution < 1.29 is 4.74 Å². The van der Waals surface area contributed by atoms with E-state index in [-0.39, 0.29) is 17.8 Å². The number of benzene rings is 4. The third-order valence-electron chi connectivity index (χ3n) is 10.9. The van der Waals surface area contributed by atoms with Crippen molar-refractivity contribution >= 4 is 22.4 Å². The molecule has 1 fully saturated rings. The van der Waals surface area contributed by atoms with E-state index in [1.165, 1.54) is 82.7 Å². The van der Waals surface area contributed by atoms with Gasteiger partial charge in [-0.3, -0.25) is 0 Å². The third kappa shape index (κ3) is 5.07. The first-order valence-electron chi connectivity index (χ1n) is 17.0. The van der Waals surface area contributed by atoms with Gasteiger partial charge in [0.2, 0.25) is 0 Å². The van der Waals surface area contributed by atoms with Crippen LogP contribution in [0.25, 0.3) is 22.4 Å².